The summed E-state index contributed by atoms with van der Waals surface area (Å²) in [5.41, 5.74) is 2.76. The topological polar surface area (TPSA) is 94.1 Å². The summed E-state index contributed by atoms with van der Waals surface area (Å²) in [6.07, 6.45) is 5.79. The van der Waals surface area contributed by atoms with Gasteiger partial charge in [0.25, 0.3) is 5.56 Å². The van der Waals surface area contributed by atoms with Crippen LogP contribution >= 0.6 is 0 Å². The van der Waals surface area contributed by atoms with Crippen molar-refractivity contribution >= 4 is 35.6 Å². The molecular formula is C22H23N7O. The predicted octanol–water partition coefficient (Wildman–Crippen LogP) is 1.72. The van der Waals surface area contributed by atoms with Gasteiger partial charge in [-0.2, -0.15) is 9.61 Å². The van der Waals surface area contributed by atoms with Crippen molar-refractivity contribution in [2.45, 2.75) is 25.8 Å². The monoisotopic (exact) mass is 401 g/mol. The molecular weight excluding hydrogens is 378 g/mol. The van der Waals surface area contributed by atoms with Crippen LogP contribution in [0.1, 0.15) is 25.3 Å². The molecule has 0 radical (unpaired) electrons. The minimum absolute atomic E-state index is 0.216. The van der Waals surface area contributed by atoms with Gasteiger partial charge in [0.1, 0.15) is 22.5 Å². The highest BCUT2D eigenvalue weighted by atomic mass is 16.1. The molecule has 3 heterocycles. The van der Waals surface area contributed by atoms with E-state index in [2.05, 4.69) is 50.9 Å². The maximum Gasteiger partial charge on any atom is 0.273 e. The third-order valence-corrected chi connectivity index (χ3v) is 5.17. The molecule has 1 saturated carbocycles. The van der Waals surface area contributed by atoms with Crippen molar-refractivity contribution in [3.05, 3.63) is 69.3 Å². The van der Waals surface area contributed by atoms with Crippen LogP contribution in [-0.2, 0) is 0 Å². The Morgan fingerprint density at radius 2 is 2.10 bits per heavy atom. The lowest BCUT2D eigenvalue weighted by Gasteiger charge is -2.23. The van der Waals surface area contributed by atoms with Crippen molar-refractivity contribution in [1.29, 1.82) is 0 Å². The first kappa shape index (κ1) is 18.2. The number of hydrogen-bond acceptors (Lipinski definition) is 5. The number of hydrogen-bond donors (Lipinski definition) is 3. The van der Waals surface area contributed by atoms with Gasteiger partial charge in [0.2, 0.25) is 0 Å². The van der Waals surface area contributed by atoms with Crippen LogP contribution in [-0.4, -0.2) is 37.2 Å². The fourth-order valence-electron chi connectivity index (χ4n) is 3.54. The molecule has 30 heavy (non-hydrogen) atoms. The Hall–Kier alpha value is -3.81. The molecule has 1 aliphatic rings. The van der Waals surface area contributed by atoms with Crippen molar-refractivity contribution < 1.29 is 0 Å². The van der Waals surface area contributed by atoms with Crippen LogP contribution in [0, 0.1) is 0 Å². The largest absolute Gasteiger partial charge is 0.367 e. The van der Waals surface area contributed by atoms with Crippen molar-refractivity contribution in [3.8, 4) is 0 Å². The lowest BCUT2D eigenvalue weighted by molar-refractivity contribution is 0.909. The average Bonchev–Trinajstić information content (AvgIpc) is 3.38. The summed E-state index contributed by atoms with van der Waals surface area (Å²) < 4.78 is 1.80. The summed E-state index contributed by atoms with van der Waals surface area (Å²) >= 11 is 0. The van der Waals surface area contributed by atoms with E-state index >= 15 is 0 Å². The average molecular weight is 401 g/mol. The normalized spacial score (nSPS) is 14.4. The highest BCUT2D eigenvalue weighted by Crippen LogP contribution is 2.30. The molecule has 3 N–H and O–H groups in total. The molecule has 3 aromatic heterocycles. The van der Waals surface area contributed by atoms with Crippen LogP contribution in [0.3, 0.4) is 0 Å². The maximum absolute atomic E-state index is 12.1. The summed E-state index contributed by atoms with van der Waals surface area (Å²) in [6.45, 7) is 6.62. The molecule has 1 aliphatic carbocycles. The van der Waals surface area contributed by atoms with Crippen molar-refractivity contribution in [1.82, 2.24) is 24.6 Å². The highest BCUT2D eigenvalue weighted by Gasteiger charge is 2.24. The van der Waals surface area contributed by atoms with Crippen LogP contribution < -0.4 is 26.6 Å². The lowest BCUT2D eigenvalue weighted by Crippen LogP contribution is -2.22. The number of aromatic amines is 2. The third-order valence-electron chi connectivity index (χ3n) is 5.17. The number of imidazole rings is 1. The number of anilines is 3. The fourth-order valence-corrected chi connectivity index (χ4v) is 3.54. The van der Waals surface area contributed by atoms with Gasteiger partial charge in [0.15, 0.2) is 5.65 Å². The number of para-hydroxylation sites is 1. The Bertz CT molecular complexity index is 1360. The second-order valence-corrected chi connectivity index (χ2v) is 7.45. The van der Waals surface area contributed by atoms with E-state index in [4.69, 9.17) is 4.98 Å². The molecule has 5 rings (SSSR count). The Labute approximate surface area is 172 Å². The molecule has 0 atom stereocenters. The molecule has 8 nitrogen and oxygen atoms in total. The van der Waals surface area contributed by atoms with Crippen LogP contribution in [0.4, 0.5) is 17.3 Å². The van der Waals surface area contributed by atoms with Gasteiger partial charge < -0.3 is 20.2 Å². The van der Waals surface area contributed by atoms with E-state index in [0.717, 1.165) is 42.3 Å². The second kappa shape index (κ2) is 7.22. The number of nitrogens with zero attached hydrogens (tertiary/aromatic N) is 4. The van der Waals surface area contributed by atoms with E-state index in [9.17, 15) is 4.79 Å². The van der Waals surface area contributed by atoms with E-state index < -0.39 is 0 Å². The van der Waals surface area contributed by atoms with Gasteiger partial charge in [-0.15, -0.1) is 0 Å². The quantitative estimate of drug-likeness (QED) is 0.457. The smallest absolute Gasteiger partial charge is 0.273 e. The molecule has 0 saturated heterocycles. The molecule has 152 valence electrons. The fraction of sp³-hybridized carbons (Fsp3) is 0.227. The Balaban J connectivity index is 1.70. The number of rotatable bonds is 6. The van der Waals surface area contributed by atoms with E-state index in [1.807, 2.05) is 24.3 Å². The van der Waals surface area contributed by atoms with Crippen molar-refractivity contribution in [3.63, 3.8) is 0 Å². The second-order valence-electron chi connectivity index (χ2n) is 7.45. The predicted molar refractivity (Wildman–Crippen MR) is 119 cm³/mol. The summed E-state index contributed by atoms with van der Waals surface area (Å²) in [5.74, 6) is 1.72. The van der Waals surface area contributed by atoms with Gasteiger partial charge >= 0.3 is 0 Å². The minimum Gasteiger partial charge on any atom is -0.367 e. The molecule has 0 unspecified atom stereocenters. The van der Waals surface area contributed by atoms with Gasteiger partial charge in [-0.3, -0.25) is 4.79 Å². The van der Waals surface area contributed by atoms with Gasteiger partial charge in [-0.1, -0.05) is 24.8 Å². The molecule has 0 aliphatic heterocycles. The van der Waals surface area contributed by atoms with Crippen LogP contribution in [0.5, 0.6) is 0 Å². The summed E-state index contributed by atoms with van der Waals surface area (Å²) in [6, 6.07) is 12.7. The number of fused-ring (bicyclic) bond motifs is 1. The van der Waals surface area contributed by atoms with Gasteiger partial charge in [0, 0.05) is 29.9 Å². The van der Waals surface area contributed by atoms with Crippen molar-refractivity contribution in [2.75, 3.05) is 16.8 Å². The molecule has 4 aromatic rings. The van der Waals surface area contributed by atoms with E-state index in [1.54, 1.807) is 16.8 Å². The van der Waals surface area contributed by atoms with E-state index in [1.165, 1.54) is 0 Å². The van der Waals surface area contributed by atoms with E-state index in [-0.39, 0.29) is 5.56 Å². The van der Waals surface area contributed by atoms with E-state index in [0.29, 0.717) is 22.5 Å². The number of aromatic nitrogens is 5. The zero-order valence-corrected chi connectivity index (χ0v) is 16.7. The number of H-pyrrole nitrogens is 2. The van der Waals surface area contributed by atoms with Crippen LogP contribution in [0.15, 0.2) is 47.4 Å². The summed E-state index contributed by atoms with van der Waals surface area (Å²) in [7, 11) is 0. The minimum atomic E-state index is -0.216. The Morgan fingerprint density at radius 1 is 1.30 bits per heavy atom. The Morgan fingerprint density at radius 3 is 2.77 bits per heavy atom. The summed E-state index contributed by atoms with van der Waals surface area (Å²) in [5, 5.41) is 8.51. The SMILES string of the molecule is C=c1[nH]c(=O)/c(=C/c2cnn3c(NC4CC4)cc(N(CC)c4ccccc4)nc23)[nH]1. The standard InChI is InChI=1S/C22H23N7O/c1-3-28(17-7-5-4-6-8-17)19-12-20(26-16-9-10-16)29-21(27-19)15(13-23-29)11-18-22(30)25-14(2)24-18/h4-8,11-13,16,24,26H,2-3,9-10H2,1H3,(H,25,30)/b18-11-. The van der Waals surface area contributed by atoms with Gasteiger partial charge in [-0.05, 0) is 38.0 Å². The summed E-state index contributed by atoms with van der Waals surface area (Å²) in [4.78, 5) is 24.8. The highest BCUT2D eigenvalue weighted by molar-refractivity contribution is 5.72. The van der Waals surface area contributed by atoms with Crippen LogP contribution in [0.25, 0.3) is 18.3 Å². The Kier molecular flexibility index (Phi) is 4.39. The first-order valence-electron chi connectivity index (χ1n) is 10.1. The van der Waals surface area contributed by atoms with Gasteiger partial charge in [-0.25, -0.2) is 4.98 Å². The first-order valence-corrected chi connectivity index (χ1v) is 10.1. The molecule has 0 spiro atoms. The first-order chi connectivity index (χ1) is 14.6. The molecule has 1 fully saturated rings. The van der Waals surface area contributed by atoms with Crippen LogP contribution in [0.2, 0.25) is 0 Å². The maximum atomic E-state index is 12.1. The number of benzene rings is 1. The zero-order valence-electron chi connectivity index (χ0n) is 16.7. The number of nitrogens with one attached hydrogen (secondary N) is 3. The lowest BCUT2D eigenvalue weighted by atomic mass is 10.2. The molecule has 0 amide bonds. The molecule has 1 aromatic carbocycles. The molecule has 8 heteroatoms. The van der Waals surface area contributed by atoms with Crippen molar-refractivity contribution in [2.24, 2.45) is 0 Å². The third kappa shape index (κ3) is 3.36. The van der Waals surface area contributed by atoms with Gasteiger partial charge in [0.05, 0.1) is 6.20 Å². The molecule has 0 bridgehead atoms. The zero-order chi connectivity index (χ0) is 20.7.